The highest BCUT2D eigenvalue weighted by atomic mass is 19.4. The quantitative estimate of drug-likeness (QED) is 0.601. The monoisotopic (exact) mass is 507 g/mol. The zero-order valence-electron chi connectivity index (χ0n) is 18.8. The largest absolute Gasteiger partial charge is 0.421 e. The van der Waals surface area contributed by atoms with Gasteiger partial charge in [0.15, 0.2) is 0 Å². The van der Waals surface area contributed by atoms with Crippen LogP contribution in [0.5, 0.6) is 0 Å². The molecule has 3 rings (SSSR count). The number of halogens is 6. The van der Waals surface area contributed by atoms with Gasteiger partial charge in [0.1, 0.15) is 17.4 Å². The summed E-state index contributed by atoms with van der Waals surface area (Å²) in [6.45, 7) is 4.45. The first-order valence-corrected chi connectivity index (χ1v) is 10.7. The van der Waals surface area contributed by atoms with Crippen LogP contribution in [0.25, 0.3) is 0 Å². The van der Waals surface area contributed by atoms with Crippen molar-refractivity contribution in [3.05, 3.63) is 39.9 Å². The van der Waals surface area contributed by atoms with Gasteiger partial charge in [-0.3, -0.25) is 9.59 Å². The van der Waals surface area contributed by atoms with Crippen LogP contribution >= 0.6 is 0 Å². The summed E-state index contributed by atoms with van der Waals surface area (Å²) in [5, 5.41) is 5.55. The van der Waals surface area contributed by atoms with Crippen molar-refractivity contribution in [2.24, 2.45) is 0 Å². The number of nitrogens with one attached hydrogen (secondary N) is 1. The summed E-state index contributed by atoms with van der Waals surface area (Å²) in [5.74, 6) is -0.426. The van der Waals surface area contributed by atoms with Crippen molar-refractivity contribution < 1.29 is 31.1 Å². The molecule has 3 heterocycles. The van der Waals surface area contributed by atoms with E-state index in [2.05, 4.69) is 15.1 Å². The lowest BCUT2D eigenvalue weighted by atomic mass is 10.1. The van der Waals surface area contributed by atoms with E-state index in [-0.39, 0.29) is 56.8 Å². The molecular weight excluding hydrogens is 484 g/mol. The second-order valence-corrected chi connectivity index (χ2v) is 7.76. The fourth-order valence-corrected chi connectivity index (χ4v) is 3.79. The Balaban J connectivity index is 1.72. The van der Waals surface area contributed by atoms with Crippen LogP contribution in [0.4, 0.5) is 38.1 Å². The van der Waals surface area contributed by atoms with E-state index in [4.69, 9.17) is 0 Å². The van der Waals surface area contributed by atoms with E-state index in [1.54, 1.807) is 18.7 Å². The smallest absolute Gasteiger partial charge is 0.343 e. The van der Waals surface area contributed by atoms with Crippen molar-refractivity contribution in [3.8, 4) is 0 Å². The van der Waals surface area contributed by atoms with E-state index in [0.717, 1.165) is 0 Å². The van der Waals surface area contributed by atoms with Crippen molar-refractivity contribution >= 4 is 17.7 Å². The maximum Gasteiger partial charge on any atom is 0.421 e. The summed E-state index contributed by atoms with van der Waals surface area (Å²) >= 11 is 0. The topological polar surface area (TPSA) is 98.3 Å². The first-order valence-electron chi connectivity index (χ1n) is 10.7. The molecule has 0 aliphatic carbocycles. The van der Waals surface area contributed by atoms with Gasteiger partial charge in [-0.05, 0) is 13.3 Å². The number of rotatable bonds is 6. The molecule has 0 unspecified atom stereocenters. The first-order chi connectivity index (χ1) is 16.4. The summed E-state index contributed by atoms with van der Waals surface area (Å²) < 4.78 is 77.6. The number of hydrogen-bond donors (Lipinski definition) is 1. The minimum absolute atomic E-state index is 0.101. The predicted octanol–water partition coefficient (Wildman–Crippen LogP) is 2.55. The number of likely N-dealkylation sites (N-methyl/N-ethyl adjacent to an activating group) is 1. The van der Waals surface area contributed by atoms with Crippen LogP contribution in [0, 0.1) is 0 Å². The van der Waals surface area contributed by atoms with Crippen molar-refractivity contribution in [1.82, 2.24) is 25.1 Å². The van der Waals surface area contributed by atoms with Crippen LogP contribution in [0.3, 0.4) is 0 Å². The Morgan fingerprint density at radius 3 is 2.14 bits per heavy atom. The van der Waals surface area contributed by atoms with Crippen LogP contribution in [0.1, 0.15) is 31.4 Å². The molecule has 0 radical (unpaired) electrons. The number of hydrogen-bond acceptors (Lipinski definition) is 7. The number of nitrogens with zero attached hydrogens (tertiary/aromatic N) is 6. The Hall–Kier alpha value is -3.39. The molecule has 1 N–H and O–H groups in total. The number of amides is 1. The van der Waals surface area contributed by atoms with E-state index in [9.17, 15) is 35.9 Å². The van der Waals surface area contributed by atoms with Gasteiger partial charge in [0.05, 0.1) is 5.56 Å². The Morgan fingerprint density at radius 2 is 1.66 bits per heavy atom. The third kappa shape index (κ3) is 5.82. The summed E-state index contributed by atoms with van der Waals surface area (Å²) in [7, 11) is 0. The van der Waals surface area contributed by atoms with E-state index in [1.165, 1.54) is 9.80 Å². The highest BCUT2D eigenvalue weighted by Gasteiger charge is 2.37. The van der Waals surface area contributed by atoms with Crippen molar-refractivity contribution in [1.29, 1.82) is 0 Å². The zero-order valence-corrected chi connectivity index (χ0v) is 18.8. The third-order valence-corrected chi connectivity index (χ3v) is 5.62. The number of piperazine rings is 1. The maximum atomic E-state index is 13.2. The Kier molecular flexibility index (Phi) is 7.55. The number of aromatic amines is 1. The molecule has 1 aliphatic heterocycles. The summed E-state index contributed by atoms with van der Waals surface area (Å²) in [5.41, 5.74) is -3.75. The van der Waals surface area contributed by atoms with Crippen LogP contribution < -0.4 is 15.4 Å². The maximum absolute atomic E-state index is 13.2. The Bertz CT molecular complexity index is 1080. The van der Waals surface area contributed by atoms with Crippen LogP contribution in [-0.4, -0.2) is 69.7 Å². The molecule has 1 saturated heterocycles. The second kappa shape index (κ2) is 10.1. The van der Waals surface area contributed by atoms with Crippen LogP contribution in [0.15, 0.2) is 23.3 Å². The number of carbonyl (C=O) groups excluding carboxylic acids is 1. The summed E-state index contributed by atoms with van der Waals surface area (Å²) in [6.07, 6.45) is -7.79. The molecule has 1 amide bonds. The zero-order chi connectivity index (χ0) is 26.0. The molecule has 0 bridgehead atoms. The van der Waals surface area contributed by atoms with Gasteiger partial charge in [0, 0.05) is 51.2 Å². The summed E-state index contributed by atoms with van der Waals surface area (Å²) in [6, 6.07) is -0.216. The normalized spacial score (nSPS) is 15.8. The van der Waals surface area contributed by atoms with Gasteiger partial charge in [-0.1, -0.05) is 6.92 Å². The van der Waals surface area contributed by atoms with Gasteiger partial charge >= 0.3 is 12.4 Å². The van der Waals surface area contributed by atoms with Gasteiger partial charge in [-0.15, -0.1) is 0 Å². The molecule has 2 aromatic rings. The lowest BCUT2D eigenvalue weighted by molar-refractivity contribution is -0.139. The molecular formula is C20H23F6N7O2. The average Bonchev–Trinajstić information content (AvgIpc) is 2.81. The number of alkyl halides is 6. The highest BCUT2D eigenvalue weighted by Crippen LogP contribution is 2.30. The van der Waals surface area contributed by atoms with Crippen LogP contribution in [-0.2, 0) is 17.1 Å². The minimum atomic E-state index is -4.88. The van der Waals surface area contributed by atoms with E-state index in [0.29, 0.717) is 18.5 Å². The number of carbonyl (C=O) groups is 1. The van der Waals surface area contributed by atoms with Crippen molar-refractivity contribution in [3.63, 3.8) is 0 Å². The molecule has 1 atom stereocenters. The molecule has 35 heavy (non-hydrogen) atoms. The van der Waals surface area contributed by atoms with E-state index < -0.39 is 35.1 Å². The summed E-state index contributed by atoms with van der Waals surface area (Å²) in [4.78, 5) is 36.9. The second-order valence-electron chi connectivity index (χ2n) is 7.76. The molecule has 15 heteroatoms. The van der Waals surface area contributed by atoms with Crippen molar-refractivity contribution in [2.75, 3.05) is 42.5 Å². The standard InChI is InChI=1S/C20H23F6N7O2/c1-3-14(33(4-2)15-9-13(20(24,25)26)16(34)30-29-15)17(35)31-5-7-32(8-6-31)18-27-10-12(11-28-18)19(21,22)23/h9-11,14H,3-8H2,1-2H3,(H,30,34)/t14-/m0/s1. The first kappa shape index (κ1) is 26.2. The number of anilines is 2. The Morgan fingerprint density at radius 1 is 1.06 bits per heavy atom. The minimum Gasteiger partial charge on any atom is -0.343 e. The SMILES string of the molecule is CC[C@@H](C(=O)N1CCN(c2ncc(C(F)(F)F)cn2)CC1)N(CC)c1cc(C(F)(F)F)c(=O)[nH]n1. The molecule has 0 spiro atoms. The number of H-pyrrole nitrogens is 1. The molecule has 2 aromatic heterocycles. The van der Waals surface area contributed by atoms with Gasteiger partial charge < -0.3 is 14.7 Å². The molecule has 1 aliphatic rings. The van der Waals surface area contributed by atoms with E-state index >= 15 is 0 Å². The van der Waals surface area contributed by atoms with Gasteiger partial charge in [0.2, 0.25) is 11.9 Å². The molecule has 192 valence electrons. The molecule has 1 fully saturated rings. The van der Waals surface area contributed by atoms with Crippen LogP contribution in [0.2, 0.25) is 0 Å². The number of aromatic nitrogens is 4. The van der Waals surface area contributed by atoms with Gasteiger partial charge in [0.25, 0.3) is 5.56 Å². The molecule has 9 nitrogen and oxygen atoms in total. The highest BCUT2D eigenvalue weighted by molar-refractivity contribution is 5.85. The van der Waals surface area contributed by atoms with Gasteiger partial charge in [-0.25, -0.2) is 15.1 Å². The fraction of sp³-hybridized carbons (Fsp3) is 0.550. The van der Waals surface area contributed by atoms with Crippen molar-refractivity contribution in [2.45, 2.75) is 38.7 Å². The van der Waals surface area contributed by atoms with Gasteiger partial charge in [-0.2, -0.15) is 31.4 Å². The fourth-order valence-electron chi connectivity index (χ4n) is 3.79. The predicted molar refractivity (Wildman–Crippen MR) is 113 cm³/mol. The van der Waals surface area contributed by atoms with E-state index in [1.807, 2.05) is 5.10 Å². The lowest BCUT2D eigenvalue weighted by Crippen LogP contribution is -2.55. The lowest BCUT2D eigenvalue weighted by Gasteiger charge is -2.39. The molecule has 0 saturated carbocycles. The Labute approximate surface area is 195 Å². The third-order valence-electron chi connectivity index (χ3n) is 5.62. The molecule has 0 aromatic carbocycles. The average molecular weight is 507 g/mol.